The SMILES string of the molecule is COc1ccc(OC)c(CN2CCN(CC(=O)Nc3cccc(F)c3)CC2)c1. The van der Waals surface area contributed by atoms with Crippen LogP contribution in [0.15, 0.2) is 42.5 Å². The molecule has 0 unspecified atom stereocenters. The molecule has 0 spiro atoms. The van der Waals surface area contributed by atoms with Crippen molar-refractivity contribution in [2.75, 3.05) is 52.3 Å². The Morgan fingerprint density at radius 3 is 2.46 bits per heavy atom. The van der Waals surface area contributed by atoms with Gasteiger partial charge >= 0.3 is 0 Å². The Morgan fingerprint density at radius 2 is 1.79 bits per heavy atom. The molecule has 0 atom stereocenters. The van der Waals surface area contributed by atoms with Gasteiger partial charge in [0.1, 0.15) is 17.3 Å². The number of benzene rings is 2. The zero-order chi connectivity index (χ0) is 19.9. The van der Waals surface area contributed by atoms with Crippen molar-refractivity contribution in [3.05, 3.63) is 53.8 Å². The van der Waals surface area contributed by atoms with E-state index in [1.165, 1.54) is 12.1 Å². The molecule has 1 amide bonds. The molecule has 150 valence electrons. The predicted octanol–water partition coefficient (Wildman–Crippen LogP) is 2.60. The maximum absolute atomic E-state index is 13.2. The van der Waals surface area contributed by atoms with E-state index in [-0.39, 0.29) is 11.7 Å². The van der Waals surface area contributed by atoms with Crippen LogP contribution in [0.2, 0.25) is 0 Å². The minimum absolute atomic E-state index is 0.131. The molecule has 7 heteroatoms. The molecule has 2 aromatic carbocycles. The number of hydrogen-bond acceptors (Lipinski definition) is 5. The number of carbonyl (C=O) groups excluding carboxylic acids is 1. The standard InChI is InChI=1S/C21H26FN3O3/c1-27-19-6-7-20(28-2)16(12-19)14-24-8-10-25(11-9-24)15-21(26)23-18-5-3-4-17(22)13-18/h3-7,12-13H,8-11,14-15H2,1-2H3,(H,23,26). The van der Waals surface area contributed by atoms with Crippen molar-refractivity contribution < 1.29 is 18.7 Å². The Morgan fingerprint density at radius 1 is 1.04 bits per heavy atom. The first-order chi connectivity index (χ1) is 13.6. The summed E-state index contributed by atoms with van der Waals surface area (Å²) in [5.41, 5.74) is 1.56. The fraction of sp³-hybridized carbons (Fsp3) is 0.381. The molecule has 6 nitrogen and oxygen atoms in total. The lowest BCUT2D eigenvalue weighted by Gasteiger charge is -2.34. The highest BCUT2D eigenvalue weighted by Crippen LogP contribution is 2.25. The highest BCUT2D eigenvalue weighted by molar-refractivity contribution is 5.92. The molecular formula is C21H26FN3O3. The number of carbonyl (C=O) groups is 1. The summed E-state index contributed by atoms with van der Waals surface area (Å²) in [6.45, 7) is 4.36. The van der Waals surface area contributed by atoms with E-state index in [1.807, 2.05) is 18.2 Å². The second kappa shape index (κ2) is 9.52. The zero-order valence-electron chi connectivity index (χ0n) is 16.3. The summed E-state index contributed by atoms with van der Waals surface area (Å²) in [7, 11) is 3.32. The lowest BCUT2D eigenvalue weighted by molar-refractivity contribution is -0.117. The molecule has 0 aliphatic carbocycles. The minimum atomic E-state index is -0.362. The van der Waals surface area contributed by atoms with Crippen molar-refractivity contribution in [3.63, 3.8) is 0 Å². The fourth-order valence-corrected chi connectivity index (χ4v) is 3.32. The van der Waals surface area contributed by atoms with Crippen molar-refractivity contribution in [1.29, 1.82) is 0 Å². The molecule has 0 radical (unpaired) electrons. The molecule has 3 rings (SSSR count). The van der Waals surface area contributed by atoms with Gasteiger partial charge in [-0.2, -0.15) is 0 Å². The second-order valence-corrected chi connectivity index (χ2v) is 6.79. The van der Waals surface area contributed by atoms with E-state index in [0.29, 0.717) is 12.2 Å². The van der Waals surface area contributed by atoms with E-state index in [9.17, 15) is 9.18 Å². The van der Waals surface area contributed by atoms with Gasteiger partial charge in [0.25, 0.3) is 0 Å². The molecule has 1 N–H and O–H groups in total. The Kier molecular flexibility index (Phi) is 6.84. The van der Waals surface area contributed by atoms with E-state index in [2.05, 4.69) is 15.1 Å². The minimum Gasteiger partial charge on any atom is -0.497 e. The van der Waals surface area contributed by atoms with Gasteiger partial charge in [-0.15, -0.1) is 0 Å². The van der Waals surface area contributed by atoms with Gasteiger partial charge in [-0.1, -0.05) is 6.07 Å². The van der Waals surface area contributed by atoms with Crippen molar-refractivity contribution in [1.82, 2.24) is 9.80 Å². The first-order valence-electron chi connectivity index (χ1n) is 9.28. The monoisotopic (exact) mass is 387 g/mol. The van der Waals surface area contributed by atoms with Crippen molar-refractivity contribution >= 4 is 11.6 Å². The molecular weight excluding hydrogens is 361 g/mol. The number of rotatable bonds is 7. The van der Waals surface area contributed by atoms with Gasteiger partial charge in [0.15, 0.2) is 0 Å². The second-order valence-electron chi connectivity index (χ2n) is 6.79. The number of nitrogens with one attached hydrogen (secondary N) is 1. The number of piperazine rings is 1. The van der Waals surface area contributed by atoms with Gasteiger partial charge in [-0.3, -0.25) is 14.6 Å². The van der Waals surface area contributed by atoms with Gasteiger partial charge < -0.3 is 14.8 Å². The fourth-order valence-electron chi connectivity index (χ4n) is 3.32. The van der Waals surface area contributed by atoms with E-state index in [4.69, 9.17) is 9.47 Å². The Hall–Kier alpha value is -2.64. The lowest BCUT2D eigenvalue weighted by Crippen LogP contribution is -2.48. The molecule has 1 heterocycles. The van der Waals surface area contributed by atoms with E-state index < -0.39 is 0 Å². The summed E-state index contributed by atoms with van der Waals surface area (Å²) < 4.78 is 24.0. The van der Waals surface area contributed by atoms with Crippen molar-refractivity contribution in [2.45, 2.75) is 6.54 Å². The molecule has 1 fully saturated rings. The van der Waals surface area contributed by atoms with Gasteiger partial charge in [-0.05, 0) is 36.4 Å². The van der Waals surface area contributed by atoms with Crippen LogP contribution in [0.25, 0.3) is 0 Å². The number of ether oxygens (including phenoxy) is 2. The Bertz CT molecular complexity index is 807. The number of amides is 1. The topological polar surface area (TPSA) is 54.0 Å². The number of nitrogens with zero attached hydrogens (tertiary/aromatic N) is 2. The third-order valence-electron chi connectivity index (χ3n) is 4.82. The summed E-state index contributed by atoms with van der Waals surface area (Å²) >= 11 is 0. The van der Waals surface area contributed by atoms with Crippen LogP contribution in [0, 0.1) is 5.82 Å². The third kappa shape index (κ3) is 5.43. The summed E-state index contributed by atoms with van der Waals surface area (Å²) in [5.74, 6) is 1.16. The summed E-state index contributed by atoms with van der Waals surface area (Å²) in [6, 6.07) is 11.7. The Balaban J connectivity index is 1.49. The zero-order valence-corrected chi connectivity index (χ0v) is 16.3. The number of halogens is 1. The first kappa shape index (κ1) is 20.1. The number of methoxy groups -OCH3 is 2. The van der Waals surface area contributed by atoms with Crippen LogP contribution in [-0.4, -0.2) is 62.7 Å². The Labute approximate surface area is 164 Å². The van der Waals surface area contributed by atoms with Gasteiger partial charge in [0.2, 0.25) is 5.91 Å². The molecule has 1 aliphatic heterocycles. The average molecular weight is 387 g/mol. The summed E-state index contributed by atoms with van der Waals surface area (Å²) in [4.78, 5) is 16.6. The predicted molar refractivity (Wildman–Crippen MR) is 106 cm³/mol. The van der Waals surface area contributed by atoms with Gasteiger partial charge in [-0.25, -0.2) is 4.39 Å². The maximum Gasteiger partial charge on any atom is 0.238 e. The average Bonchev–Trinajstić information content (AvgIpc) is 2.69. The van der Waals surface area contributed by atoms with E-state index in [0.717, 1.165) is 49.8 Å². The largest absolute Gasteiger partial charge is 0.497 e. The van der Waals surface area contributed by atoms with Crippen LogP contribution in [0.3, 0.4) is 0 Å². The van der Waals surface area contributed by atoms with Crippen molar-refractivity contribution in [2.24, 2.45) is 0 Å². The third-order valence-corrected chi connectivity index (χ3v) is 4.82. The molecule has 2 aromatic rings. The van der Waals surface area contributed by atoms with Crippen LogP contribution in [0.4, 0.5) is 10.1 Å². The quantitative estimate of drug-likeness (QED) is 0.792. The van der Waals surface area contributed by atoms with Crippen LogP contribution in [0.5, 0.6) is 11.5 Å². The molecule has 1 aliphatic rings. The van der Waals surface area contributed by atoms with E-state index >= 15 is 0 Å². The lowest BCUT2D eigenvalue weighted by atomic mass is 10.1. The highest BCUT2D eigenvalue weighted by Gasteiger charge is 2.20. The summed E-state index contributed by atoms with van der Waals surface area (Å²) in [6.07, 6.45) is 0. The molecule has 28 heavy (non-hydrogen) atoms. The van der Waals surface area contributed by atoms with Gasteiger partial charge in [0, 0.05) is 44.0 Å². The van der Waals surface area contributed by atoms with E-state index in [1.54, 1.807) is 26.4 Å². The van der Waals surface area contributed by atoms with Crippen molar-refractivity contribution in [3.8, 4) is 11.5 Å². The molecule has 0 saturated carbocycles. The highest BCUT2D eigenvalue weighted by atomic mass is 19.1. The number of anilines is 1. The van der Waals surface area contributed by atoms with Crippen LogP contribution < -0.4 is 14.8 Å². The maximum atomic E-state index is 13.2. The molecule has 0 aromatic heterocycles. The van der Waals surface area contributed by atoms with Crippen LogP contribution >= 0.6 is 0 Å². The summed E-state index contributed by atoms with van der Waals surface area (Å²) in [5, 5.41) is 2.74. The van der Waals surface area contributed by atoms with Crippen LogP contribution in [-0.2, 0) is 11.3 Å². The first-order valence-corrected chi connectivity index (χ1v) is 9.28. The number of hydrogen-bond donors (Lipinski definition) is 1. The molecule has 0 bridgehead atoms. The van der Waals surface area contributed by atoms with Crippen LogP contribution in [0.1, 0.15) is 5.56 Å². The molecule has 1 saturated heterocycles. The normalized spacial score (nSPS) is 15.2. The smallest absolute Gasteiger partial charge is 0.238 e. The van der Waals surface area contributed by atoms with Gasteiger partial charge in [0.05, 0.1) is 20.8 Å².